The van der Waals surface area contributed by atoms with Crippen LogP contribution in [0.4, 0.5) is 5.69 Å². The van der Waals surface area contributed by atoms with E-state index in [0.717, 1.165) is 10.8 Å². The second-order valence-corrected chi connectivity index (χ2v) is 8.56. The molecule has 3 aromatic rings. The van der Waals surface area contributed by atoms with Crippen LogP contribution in [0.15, 0.2) is 60.7 Å². The number of benzene rings is 3. The van der Waals surface area contributed by atoms with Gasteiger partial charge < -0.3 is 10.1 Å². The number of nitrogens with zero attached hydrogens (tertiary/aromatic N) is 2. The molecule has 0 aliphatic carbocycles. The molecule has 1 amide bonds. The molecule has 6 heteroatoms. The smallest absolute Gasteiger partial charge is 0.238 e. The van der Waals surface area contributed by atoms with Crippen LogP contribution in [-0.2, 0) is 4.79 Å². The van der Waals surface area contributed by atoms with E-state index in [1.165, 1.54) is 0 Å². The van der Waals surface area contributed by atoms with Crippen molar-refractivity contribution in [3.05, 3.63) is 71.8 Å². The van der Waals surface area contributed by atoms with E-state index in [1.807, 2.05) is 36.4 Å². The number of hydrogen-bond acceptors (Lipinski definition) is 5. The molecule has 160 valence electrons. The van der Waals surface area contributed by atoms with Crippen molar-refractivity contribution >= 4 is 28.2 Å². The van der Waals surface area contributed by atoms with Gasteiger partial charge in [0.25, 0.3) is 0 Å². The maximum absolute atomic E-state index is 13.1. The minimum Gasteiger partial charge on any atom is -0.486 e. The summed E-state index contributed by atoms with van der Waals surface area (Å²) in [7, 11) is 0. The Hall–Kier alpha value is -3.69. The number of hydrogen-bond donors (Lipinski definition) is 1. The molecule has 1 fully saturated rings. The lowest BCUT2D eigenvalue weighted by molar-refractivity contribution is -0.118. The lowest BCUT2D eigenvalue weighted by Gasteiger charge is -2.44. The molecular formula is C26H23N3O3. The average Bonchev–Trinajstić information content (AvgIpc) is 2.80. The Morgan fingerprint density at radius 1 is 1.09 bits per heavy atom. The van der Waals surface area contributed by atoms with Crippen LogP contribution >= 0.6 is 0 Å². The third-order valence-electron chi connectivity index (χ3n) is 6.39. The molecule has 2 aliphatic heterocycles. The summed E-state index contributed by atoms with van der Waals surface area (Å²) in [5.74, 6) is 0.684. The number of anilines is 1. The molecule has 0 atom stereocenters. The second kappa shape index (κ2) is 8.10. The highest BCUT2D eigenvalue weighted by atomic mass is 16.5. The number of carbonyl (C=O) groups excluding carboxylic acids is 2. The number of likely N-dealkylation sites (tertiary alicyclic amines) is 1. The van der Waals surface area contributed by atoms with Gasteiger partial charge >= 0.3 is 0 Å². The summed E-state index contributed by atoms with van der Waals surface area (Å²) in [6.07, 6.45) is 1.76. The van der Waals surface area contributed by atoms with Crippen molar-refractivity contribution in [3.63, 3.8) is 0 Å². The summed E-state index contributed by atoms with van der Waals surface area (Å²) in [6, 6.07) is 20.8. The molecule has 1 saturated heterocycles. The molecule has 5 rings (SSSR count). The highest BCUT2D eigenvalue weighted by molar-refractivity contribution is 6.11. The first-order valence-corrected chi connectivity index (χ1v) is 10.8. The molecule has 32 heavy (non-hydrogen) atoms. The Labute approximate surface area is 186 Å². The highest BCUT2D eigenvalue weighted by Crippen LogP contribution is 2.42. The Morgan fingerprint density at radius 2 is 1.91 bits per heavy atom. The number of nitrogens with one attached hydrogen (secondary N) is 1. The number of Topliss-reactive ketones (excluding diaryl/α,β-unsaturated/α-hetero) is 1. The predicted octanol–water partition coefficient (Wildman–Crippen LogP) is 4.15. The number of amides is 1. The van der Waals surface area contributed by atoms with Crippen LogP contribution in [0, 0.1) is 11.3 Å². The van der Waals surface area contributed by atoms with Gasteiger partial charge in [0.1, 0.15) is 11.4 Å². The minimum absolute atomic E-state index is 0.117. The summed E-state index contributed by atoms with van der Waals surface area (Å²) >= 11 is 0. The molecule has 2 aliphatic rings. The predicted molar refractivity (Wildman–Crippen MR) is 122 cm³/mol. The van der Waals surface area contributed by atoms with Gasteiger partial charge in [0.05, 0.1) is 30.2 Å². The third-order valence-corrected chi connectivity index (χ3v) is 6.39. The van der Waals surface area contributed by atoms with Crippen LogP contribution in [-0.4, -0.2) is 41.8 Å². The molecule has 0 saturated carbocycles. The molecule has 0 aromatic heterocycles. The van der Waals surface area contributed by atoms with Crippen LogP contribution in [0.2, 0.25) is 0 Å². The van der Waals surface area contributed by atoms with Gasteiger partial charge in [0.15, 0.2) is 5.78 Å². The Morgan fingerprint density at radius 3 is 2.72 bits per heavy atom. The van der Waals surface area contributed by atoms with E-state index in [0.29, 0.717) is 54.9 Å². The topological polar surface area (TPSA) is 82.4 Å². The Bertz CT molecular complexity index is 1250. The standard InChI is InChI=1S/C26H23N3O3/c27-16-18-4-3-6-20(14-18)28-24(31)17-29-12-10-26(11-13-29)15-22(30)25-21-7-2-1-5-19(21)8-9-23(25)32-26/h1-9,14H,10-13,15,17H2,(H,28,31). The molecular weight excluding hydrogens is 402 g/mol. The number of fused-ring (bicyclic) bond motifs is 3. The fraction of sp³-hybridized carbons (Fsp3) is 0.269. The zero-order valence-corrected chi connectivity index (χ0v) is 17.6. The zero-order chi connectivity index (χ0) is 22.1. The molecule has 6 nitrogen and oxygen atoms in total. The molecule has 3 aromatic carbocycles. The average molecular weight is 425 g/mol. The van der Waals surface area contributed by atoms with Crippen LogP contribution in [0.3, 0.4) is 0 Å². The molecule has 1 spiro atoms. The summed E-state index contributed by atoms with van der Waals surface area (Å²) in [6.45, 7) is 1.63. The lowest BCUT2D eigenvalue weighted by atomic mass is 9.81. The quantitative estimate of drug-likeness (QED) is 0.682. The van der Waals surface area contributed by atoms with E-state index in [2.05, 4.69) is 16.3 Å². The van der Waals surface area contributed by atoms with Gasteiger partial charge in [-0.15, -0.1) is 0 Å². The molecule has 0 bridgehead atoms. The summed E-state index contributed by atoms with van der Waals surface area (Å²) in [5.41, 5.74) is 1.32. The SMILES string of the molecule is N#Cc1cccc(NC(=O)CN2CCC3(CC2)CC(=O)c2c(ccc4ccccc24)O3)c1. The van der Waals surface area contributed by atoms with Crippen molar-refractivity contribution in [1.29, 1.82) is 5.26 Å². The van der Waals surface area contributed by atoms with Crippen LogP contribution in [0.1, 0.15) is 35.2 Å². The molecule has 0 radical (unpaired) electrons. The van der Waals surface area contributed by atoms with Crippen molar-refractivity contribution in [2.24, 2.45) is 0 Å². The molecule has 0 unspecified atom stereocenters. The number of ketones is 1. The van der Waals surface area contributed by atoms with Gasteiger partial charge in [0, 0.05) is 31.6 Å². The number of nitriles is 1. The van der Waals surface area contributed by atoms with Crippen LogP contribution in [0.5, 0.6) is 5.75 Å². The molecule has 2 heterocycles. The maximum atomic E-state index is 13.1. The monoisotopic (exact) mass is 425 g/mol. The zero-order valence-electron chi connectivity index (χ0n) is 17.6. The second-order valence-electron chi connectivity index (χ2n) is 8.56. The van der Waals surface area contributed by atoms with E-state index in [4.69, 9.17) is 10.00 Å². The largest absolute Gasteiger partial charge is 0.486 e. The third kappa shape index (κ3) is 3.83. The van der Waals surface area contributed by atoms with E-state index in [-0.39, 0.29) is 18.2 Å². The van der Waals surface area contributed by atoms with Crippen molar-refractivity contribution in [1.82, 2.24) is 4.90 Å². The van der Waals surface area contributed by atoms with E-state index in [1.54, 1.807) is 24.3 Å². The first-order chi connectivity index (χ1) is 15.5. The summed E-state index contributed by atoms with van der Waals surface area (Å²) < 4.78 is 6.43. The van der Waals surface area contributed by atoms with Crippen molar-refractivity contribution in [2.75, 3.05) is 25.0 Å². The fourth-order valence-electron chi connectivity index (χ4n) is 4.74. The van der Waals surface area contributed by atoms with Crippen LogP contribution in [0.25, 0.3) is 10.8 Å². The van der Waals surface area contributed by atoms with Gasteiger partial charge in [-0.3, -0.25) is 14.5 Å². The molecule has 1 N–H and O–H groups in total. The van der Waals surface area contributed by atoms with Gasteiger partial charge in [0.2, 0.25) is 5.91 Å². The van der Waals surface area contributed by atoms with Crippen molar-refractivity contribution < 1.29 is 14.3 Å². The number of ether oxygens (including phenoxy) is 1. The lowest BCUT2D eigenvalue weighted by Crippen LogP contribution is -2.52. The number of carbonyl (C=O) groups is 2. The van der Waals surface area contributed by atoms with E-state index in [9.17, 15) is 9.59 Å². The maximum Gasteiger partial charge on any atom is 0.238 e. The first-order valence-electron chi connectivity index (χ1n) is 10.8. The summed E-state index contributed by atoms with van der Waals surface area (Å²) in [4.78, 5) is 27.7. The summed E-state index contributed by atoms with van der Waals surface area (Å²) in [5, 5.41) is 13.8. The van der Waals surface area contributed by atoms with Crippen molar-refractivity contribution in [3.8, 4) is 11.8 Å². The van der Waals surface area contributed by atoms with Crippen molar-refractivity contribution in [2.45, 2.75) is 24.9 Å². The minimum atomic E-state index is -0.499. The van der Waals surface area contributed by atoms with Crippen LogP contribution < -0.4 is 10.1 Å². The van der Waals surface area contributed by atoms with Gasteiger partial charge in [-0.1, -0.05) is 36.4 Å². The Balaban J connectivity index is 1.24. The van der Waals surface area contributed by atoms with Gasteiger partial charge in [-0.05, 0) is 35.0 Å². The number of rotatable bonds is 3. The van der Waals surface area contributed by atoms with E-state index >= 15 is 0 Å². The normalized spacial score (nSPS) is 17.4. The fourth-order valence-corrected chi connectivity index (χ4v) is 4.74. The Kier molecular flexibility index (Phi) is 5.12. The first kappa shape index (κ1) is 20.2. The van der Waals surface area contributed by atoms with Gasteiger partial charge in [-0.25, -0.2) is 0 Å². The van der Waals surface area contributed by atoms with Gasteiger partial charge in [-0.2, -0.15) is 5.26 Å². The number of piperidine rings is 1. The highest BCUT2D eigenvalue weighted by Gasteiger charge is 2.43. The van der Waals surface area contributed by atoms with E-state index < -0.39 is 5.60 Å².